The molecule has 0 aromatic carbocycles. The Kier molecular flexibility index (Phi) is 7.24. The SMILES string of the molecule is CCCCN1CC=C[C@]23O[C@@H]4C=CCN(CCC)C(=O)[C@@H]4[C@H]2C(=O)N(CCCCO)C3C1=O. The molecule has 1 spiro atoms. The van der Waals surface area contributed by atoms with Crippen molar-refractivity contribution < 1.29 is 24.2 Å². The van der Waals surface area contributed by atoms with Gasteiger partial charge in [-0.1, -0.05) is 44.6 Å². The molecule has 0 aliphatic carbocycles. The van der Waals surface area contributed by atoms with Gasteiger partial charge in [-0.15, -0.1) is 0 Å². The van der Waals surface area contributed by atoms with E-state index in [2.05, 4.69) is 6.92 Å². The van der Waals surface area contributed by atoms with Gasteiger partial charge in [-0.25, -0.2) is 0 Å². The molecule has 8 nitrogen and oxygen atoms in total. The van der Waals surface area contributed by atoms with E-state index in [4.69, 9.17) is 4.74 Å². The Bertz CT molecular complexity index is 827. The summed E-state index contributed by atoms with van der Waals surface area (Å²) in [4.78, 5) is 46.6. The fourth-order valence-electron chi connectivity index (χ4n) is 5.89. The highest BCUT2D eigenvalue weighted by Gasteiger charge is 2.71. The van der Waals surface area contributed by atoms with Crippen molar-refractivity contribution in [3.05, 3.63) is 24.3 Å². The van der Waals surface area contributed by atoms with Crippen molar-refractivity contribution in [2.75, 3.05) is 39.3 Å². The summed E-state index contributed by atoms with van der Waals surface area (Å²) in [6, 6.07) is -0.781. The predicted molar refractivity (Wildman–Crippen MR) is 123 cm³/mol. The molecule has 5 atom stereocenters. The van der Waals surface area contributed by atoms with Crippen LogP contribution in [0, 0.1) is 11.8 Å². The molecule has 3 amide bonds. The number of hydrogen-bond acceptors (Lipinski definition) is 5. The van der Waals surface area contributed by atoms with Gasteiger partial charge in [0.25, 0.3) is 0 Å². The average Bonchev–Trinajstić information content (AvgIpc) is 3.12. The van der Waals surface area contributed by atoms with Crippen molar-refractivity contribution in [1.29, 1.82) is 0 Å². The summed E-state index contributed by atoms with van der Waals surface area (Å²) in [6.45, 7) is 6.77. The van der Waals surface area contributed by atoms with Gasteiger partial charge in [0.05, 0.1) is 17.9 Å². The van der Waals surface area contributed by atoms with Crippen molar-refractivity contribution in [3.8, 4) is 0 Å². The maximum Gasteiger partial charge on any atom is 0.249 e. The first-order valence-electron chi connectivity index (χ1n) is 12.5. The standard InChI is InChI=1S/C25H37N3O5/c1-3-5-13-27-15-9-11-25-20(23(31)28(16-6-7-17-29)21(25)24(27)32)19-18(33-25)10-8-14-26(12-4-2)22(19)30/h8-11,18-21,29H,3-7,12-17H2,1-2H3/t18-,19+,20+,21?,25+/m1/s1. The predicted octanol–water partition coefficient (Wildman–Crippen LogP) is 1.35. The van der Waals surface area contributed by atoms with Crippen LogP contribution in [-0.2, 0) is 19.1 Å². The van der Waals surface area contributed by atoms with Gasteiger partial charge in [-0.2, -0.15) is 0 Å². The summed E-state index contributed by atoms with van der Waals surface area (Å²) >= 11 is 0. The molecule has 1 N–H and O–H groups in total. The number of aliphatic hydroxyl groups excluding tert-OH is 1. The van der Waals surface area contributed by atoms with Crippen LogP contribution in [0.5, 0.6) is 0 Å². The summed E-state index contributed by atoms with van der Waals surface area (Å²) in [5.41, 5.74) is -1.14. The van der Waals surface area contributed by atoms with Crippen LogP contribution in [0.25, 0.3) is 0 Å². The van der Waals surface area contributed by atoms with Crippen LogP contribution in [0.3, 0.4) is 0 Å². The summed E-state index contributed by atoms with van der Waals surface area (Å²) < 4.78 is 6.59. The zero-order chi connectivity index (χ0) is 23.6. The quantitative estimate of drug-likeness (QED) is 0.415. The van der Waals surface area contributed by atoms with Gasteiger partial charge in [0, 0.05) is 39.3 Å². The molecule has 0 bridgehead atoms. The minimum atomic E-state index is -1.14. The van der Waals surface area contributed by atoms with E-state index in [9.17, 15) is 19.5 Å². The number of likely N-dealkylation sites (tertiary alicyclic amines) is 1. The molecule has 0 aromatic rings. The number of carbonyl (C=O) groups excluding carboxylic acids is 3. The fourth-order valence-corrected chi connectivity index (χ4v) is 5.89. The second-order valence-corrected chi connectivity index (χ2v) is 9.56. The minimum absolute atomic E-state index is 0.0359. The lowest BCUT2D eigenvalue weighted by atomic mass is 9.77. The van der Waals surface area contributed by atoms with Crippen molar-refractivity contribution in [1.82, 2.24) is 14.7 Å². The molecule has 1 unspecified atom stereocenters. The van der Waals surface area contributed by atoms with E-state index in [1.54, 1.807) is 9.80 Å². The van der Waals surface area contributed by atoms with E-state index in [1.807, 2.05) is 36.1 Å². The number of amides is 3. The van der Waals surface area contributed by atoms with Gasteiger partial charge in [-0.3, -0.25) is 14.4 Å². The second-order valence-electron chi connectivity index (χ2n) is 9.56. The van der Waals surface area contributed by atoms with Gasteiger partial charge in [0.2, 0.25) is 17.7 Å². The van der Waals surface area contributed by atoms with Crippen molar-refractivity contribution in [3.63, 3.8) is 0 Å². The van der Waals surface area contributed by atoms with E-state index in [0.29, 0.717) is 45.6 Å². The lowest BCUT2D eigenvalue weighted by molar-refractivity contribution is -0.148. The Balaban J connectivity index is 1.74. The van der Waals surface area contributed by atoms with Gasteiger partial charge in [0.15, 0.2) is 0 Å². The van der Waals surface area contributed by atoms with E-state index < -0.39 is 29.6 Å². The highest BCUT2D eigenvalue weighted by molar-refractivity contribution is 5.99. The van der Waals surface area contributed by atoms with Gasteiger partial charge >= 0.3 is 0 Å². The first-order chi connectivity index (χ1) is 16.0. The van der Waals surface area contributed by atoms with E-state index >= 15 is 0 Å². The highest BCUT2D eigenvalue weighted by atomic mass is 16.5. The van der Waals surface area contributed by atoms with Crippen LogP contribution >= 0.6 is 0 Å². The van der Waals surface area contributed by atoms with Crippen molar-refractivity contribution >= 4 is 17.7 Å². The summed E-state index contributed by atoms with van der Waals surface area (Å²) in [5, 5.41) is 9.26. The topological polar surface area (TPSA) is 90.4 Å². The molecule has 33 heavy (non-hydrogen) atoms. The van der Waals surface area contributed by atoms with Gasteiger partial charge in [-0.05, 0) is 25.7 Å². The minimum Gasteiger partial charge on any atom is -0.396 e. The Morgan fingerprint density at radius 1 is 0.939 bits per heavy atom. The molecule has 4 heterocycles. The molecule has 182 valence electrons. The maximum atomic E-state index is 13.9. The van der Waals surface area contributed by atoms with Gasteiger partial charge in [0.1, 0.15) is 11.6 Å². The number of hydrogen-bond donors (Lipinski definition) is 1. The molecule has 2 saturated heterocycles. The summed E-state index contributed by atoms with van der Waals surface area (Å²) in [7, 11) is 0. The first kappa shape index (κ1) is 24.0. The van der Waals surface area contributed by atoms with Crippen LogP contribution in [0.4, 0.5) is 0 Å². The largest absolute Gasteiger partial charge is 0.396 e. The van der Waals surface area contributed by atoms with E-state index in [0.717, 1.165) is 19.3 Å². The third kappa shape index (κ3) is 4.01. The summed E-state index contributed by atoms with van der Waals surface area (Å²) in [5.74, 6) is -1.70. The van der Waals surface area contributed by atoms with E-state index in [-0.39, 0.29) is 24.3 Å². The number of carbonyl (C=O) groups is 3. The van der Waals surface area contributed by atoms with Crippen molar-refractivity contribution in [2.24, 2.45) is 11.8 Å². The zero-order valence-electron chi connectivity index (χ0n) is 19.8. The number of fused-ring (bicyclic) bond motifs is 2. The Morgan fingerprint density at radius 2 is 1.70 bits per heavy atom. The molecular formula is C25H37N3O5. The van der Waals surface area contributed by atoms with Gasteiger partial charge < -0.3 is 24.5 Å². The average molecular weight is 460 g/mol. The lowest BCUT2D eigenvalue weighted by Crippen LogP contribution is -2.55. The molecule has 8 heteroatoms. The normalized spacial score (nSPS) is 33.3. The molecule has 0 radical (unpaired) electrons. The third-order valence-electron chi connectivity index (χ3n) is 7.41. The number of nitrogens with zero attached hydrogens (tertiary/aromatic N) is 3. The zero-order valence-corrected chi connectivity index (χ0v) is 19.8. The van der Waals surface area contributed by atoms with Crippen LogP contribution in [0.1, 0.15) is 46.0 Å². The lowest BCUT2D eigenvalue weighted by Gasteiger charge is -2.35. The van der Waals surface area contributed by atoms with Crippen LogP contribution < -0.4 is 0 Å². The fraction of sp³-hybridized carbons (Fsp3) is 0.720. The van der Waals surface area contributed by atoms with Crippen molar-refractivity contribution in [2.45, 2.75) is 63.7 Å². The van der Waals surface area contributed by atoms with E-state index in [1.165, 1.54) is 0 Å². The second kappa shape index (κ2) is 9.97. The Labute approximate surface area is 196 Å². The Hall–Kier alpha value is -2.19. The molecule has 4 rings (SSSR count). The number of aliphatic hydroxyl groups is 1. The smallest absolute Gasteiger partial charge is 0.249 e. The summed E-state index contributed by atoms with van der Waals surface area (Å²) in [6.07, 6.45) is 11.0. The number of unbranched alkanes of at least 4 members (excludes halogenated alkanes) is 2. The molecule has 4 aliphatic heterocycles. The van der Waals surface area contributed by atoms with Crippen LogP contribution in [0.2, 0.25) is 0 Å². The first-order valence-corrected chi connectivity index (χ1v) is 12.5. The van der Waals surface area contributed by atoms with Crippen LogP contribution in [0.15, 0.2) is 24.3 Å². The number of rotatable bonds is 9. The molecule has 2 fully saturated rings. The molecule has 0 saturated carbocycles. The maximum absolute atomic E-state index is 13.9. The molecule has 0 aromatic heterocycles. The number of ether oxygens (including phenoxy) is 1. The van der Waals surface area contributed by atoms with Crippen LogP contribution in [-0.4, -0.2) is 94.6 Å². The molecular weight excluding hydrogens is 422 g/mol. The third-order valence-corrected chi connectivity index (χ3v) is 7.41. The Morgan fingerprint density at radius 3 is 2.42 bits per heavy atom. The monoisotopic (exact) mass is 459 g/mol. The highest BCUT2D eigenvalue weighted by Crippen LogP contribution is 2.53. The molecule has 4 aliphatic rings.